The van der Waals surface area contributed by atoms with Crippen LogP contribution < -0.4 is 0 Å². The Morgan fingerprint density at radius 1 is 1.14 bits per heavy atom. The lowest BCUT2D eigenvalue weighted by Crippen LogP contribution is -2.13. The quantitative estimate of drug-likeness (QED) is 0.121. The summed E-state index contributed by atoms with van der Waals surface area (Å²) in [5, 5.41) is 11.1. The van der Waals surface area contributed by atoms with Crippen LogP contribution in [0.4, 0.5) is 10.1 Å². The van der Waals surface area contributed by atoms with E-state index in [4.69, 9.17) is 4.74 Å². The summed E-state index contributed by atoms with van der Waals surface area (Å²) < 4.78 is 21.8. The zero-order valence-corrected chi connectivity index (χ0v) is 21.4. The lowest BCUT2D eigenvalue weighted by atomic mass is 9.98. The highest BCUT2D eigenvalue weighted by atomic mass is 19.1. The van der Waals surface area contributed by atoms with E-state index in [2.05, 4.69) is 23.4 Å². The monoisotopic (exact) mass is 495 g/mol. The average molecular weight is 496 g/mol. The maximum Gasteiger partial charge on any atom is 0.272 e. The first-order valence-electron chi connectivity index (χ1n) is 12.4. The first-order valence-corrected chi connectivity index (χ1v) is 12.4. The Kier molecular flexibility index (Phi) is 9.47. The molecule has 0 N–H and O–H groups in total. The number of aryl methyl sites for hydroxylation is 2. The summed E-state index contributed by atoms with van der Waals surface area (Å²) >= 11 is 0. The third-order valence-corrected chi connectivity index (χ3v) is 5.96. The molecule has 0 aliphatic carbocycles. The molecule has 0 spiro atoms. The Balaban J connectivity index is 1.88. The number of ketones is 1. The van der Waals surface area contributed by atoms with Gasteiger partial charge in [0.15, 0.2) is 5.78 Å². The van der Waals surface area contributed by atoms with Gasteiger partial charge in [0.25, 0.3) is 5.69 Å². The fourth-order valence-electron chi connectivity index (χ4n) is 4.38. The number of carbonyl (C=O) groups excluding carboxylic acids is 1. The first kappa shape index (κ1) is 27.2. The number of nitrogens with zero attached hydrogens (tertiary/aromatic N) is 3. The molecule has 192 valence electrons. The van der Waals surface area contributed by atoms with Crippen molar-refractivity contribution < 1.29 is 18.8 Å². The number of rotatable bonds is 13. The summed E-state index contributed by atoms with van der Waals surface area (Å²) in [5.74, 6) is -0.644. The molecule has 7 nitrogen and oxygen atoms in total. The Morgan fingerprint density at radius 3 is 2.56 bits per heavy atom. The summed E-state index contributed by atoms with van der Waals surface area (Å²) in [7, 11) is 0. The van der Waals surface area contributed by atoms with Crippen LogP contribution in [0.5, 0.6) is 0 Å². The molecule has 0 saturated heterocycles. The van der Waals surface area contributed by atoms with E-state index in [1.807, 2.05) is 38.2 Å². The molecule has 36 heavy (non-hydrogen) atoms. The highest BCUT2D eigenvalue weighted by Gasteiger charge is 2.23. The van der Waals surface area contributed by atoms with Gasteiger partial charge in [-0.05, 0) is 68.4 Å². The number of halogens is 1. The Hall–Kier alpha value is -3.39. The lowest BCUT2D eigenvalue weighted by molar-refractivity contribution is -0.385. The van der Waals surface area contributed by atoms with Gasteiger partial charge in [0.1, 0.15) is 5.82 Å². The predicted octanol–water partition coefficient (Wildman–Crippen LogP) is 6.28. The average Bonchev–Trinajstić information content (AvgIpc) is 3.18. The molecular weight excluding hydrogens is 461 g/mol. The summed E-state index contributed by atoms with van der Waals surface area (Å²) in [6.45, 7) is 9.37. The molecule has 8 heteroatoms. The zero-order chi connectivity index (χ0) is 26.2. The molecule has 0 aliphatic heterocycles. The predicted molar refractivity (Wildman–Crippen MR) is 137 cm³/mol. The van der Waals surface area contributed by atoms with E-state index < -0.39 is 10.7 Å². The number of nitro groups is 1. The largest absolute Gasteiger partial charge is 0.379 e. The van der Waals surface area contributed by atoms with Crippen LogP contribution in [0.25, 0.3) is 0 Å². The number of carbonyl (C=O) groups is 1. The second-order valence-corrected chi connectivity index (χ2v) is 9.56. The molecule has 0 atom stereocenters. The van der Waals surface area contributed by atoms with Gasteiger partial charge in [0.05, 0.1) is 17.1 Å². The number of aromatic nitrogens is 2. The van der Waals surface area contributed by atoms with E-state index in [1.54, 1.807) is 6.20 Å². The summed E-state index contributed by atoms with van der Waals surface area (Å²) in [6, 6.07) is 9.34. The van der Waals surface area contributed by atoms with Gasteiger partial charge in [-0.1, -0.05) is 19.9 Å². The standard InChI is InChI=1S/C28H34FN3O4/c1-19(2)28-26(27(33)10-9-21-13-23(29)15-25(14-21)32(34)35)16-24(8-6-12-36-20(3)4)31(28)18-22-7-5-11-30-17-22/h5,7,11,13-17,19-20H,6,8-10,12,18H2,1-4H3. The molecule has 0 saturated carbocycles. The van der Waals surface area contributed by atoms with Gasteiger partial charge in [0, 0.05) is 55.0 Å². The van der Waals surface area contributed by atoms with Crippen molar-refractivity contribution in [1.82, 2.24) is 9.55 Å². The molecule has 0 fully saturated rings. The van der Waals surface area contributed by atoms with Gasteiger partial charge in [-0.25, -0.2) is 4.39 Å². The van der Waals surface area contributed by atoms with Crippen molar-refractivity contribution in [2.75, 3.05) is 6.61 Å². The Morgan fingerprint density at radius 2 is 1.92 bits per heavy atom. The molecule has 1 aromatic carbocycles. The van der Waals surface area contributed by atoms with Crippen LogP contribution in [0.15, 0.2) is 48.8 Å². The number of nitro benzene ring substituents is 1. The van der Waals surface area contributed by atoms with Crippen molar-refractivity contribution in [2.24, 2.45) is 0 Å². The van der Waals surface area contributed by atoms with Crippen LogP contribution >= 0.6 is 0 Å². The van der Waals surface area contributed by atoms with E-state index >= 15 is 0 Å². The minimum Gasteiger partial charge on any atom is -0.379 e. The second-order valence-electron chi connectivity index (χ2n) is 9.56. The fraction of sp³-hybridized carbons (Fsp3) is 0.429. The van der Waals surface area contributed by atoms with Crippen LogP contribution in [0.2, 0.25) is 0 Å². The highest BCUT2D eigenvalue weighted by molar-refractivity contribution is 5.98. The number of pyridine rings is 1. The molecule has 2 heterocycles. The van der Waals surface area contributed by atoms with Gasteiger partial charge in [-0.3, -0.25) is 19.9 Å². The maximum atomic E-state index is 13.9. The minimum atomic E-state index is -0.678. The molecule has 3 aromatic rings. The lowest BCUT2D eigenvalue weighted by Gasteiger charge is -2.17. The first-order chi connectivity index (χ1) is 17.2. The molecule has 0 bridgehead atoms. The fourth-order valence-corrected chi connectivity index (χ4v) is 4.38. The van der Waals surface area contributed by atoms with E-state index in [9.17, 15) is 19.3 Å². The third-order valence-electron chi connectivity index (χ3n) is 5.96. The number of Topliss-reactive ketones (excluding diaryl/α,β-unsaturated/α-hetero) is 1. The SMILES string of the molecule is CC(C)OCCCc1cc(C(=O)CCc2cc(F)cc([N+](=O)[O-])c2)c(C(C)C)n1Cc1cccnc1. The summed E-state index contributed by atoms with van der Waals surface area (Å²) in [4.78, 5) is 28.1. The van der Waals surface area contributed by atoms with Crippen LogP contribution in [0.1, 0.15) is 79.3 Å². The normalized spacial score (nSPS) is 11.4. The van der Waals surface area contributed by atoms with E-state index in [1.165, 1.54) is 12.1 Å². The van der Waals surface area contributed by atoms with Crippen LogP contribution in [-0.4, -0.2) is 33.0 Å². The summed E-state index contributed by atoms with van der Waals surface area (Å²) in [6.07, 6.45) is 5.66. The molecule has 0 aliphatic rings. The van der Waals surface area contributed by atoms with Gasteiger partial charge < -0.3 is 9.30 Å². The van der Waals surface area contributed by atoms with Crippen LogP contribution in [0, 0.1) is 15.9 Å². The molecular formula is C28H34FN3O4. The van der Waals surface area contributed by atoms with Gasteiger partial charge in [0.2, 0.25) is 0 Å². The van der Waals surface area contributed by atoms with Gasteiger partial charge >= 0.3 is 0 Å². The molecule has 0 amide bonds. The Bertz CT molecular complexity index is 1190. The van der Waals surface area contributed by atoms with Crippen LogP contribution in [0.3, 0.4) is 0 Å². The number of ether oxygens (including phenoxy) is 1. The van der Waals surface area contributed by atoms with Crippen LogP contribution in [-0.2, 0) is 24.1 Å². The van der Waals surface area contributed by atoms with Crippen molar-refractivity contribution in [3.05, 3.63) is 92.8 Å². The number of benzene rings is 1. The smallest absolute Gasteiger partial charge is 0.272 e. The number of non-ortho nitro benzene ring substituents is 1. The van der Waals surface area contributed by atoms with Crippen molar-refractivity contribution in [2.45, 2.75) is 71.9 Å². The van der Waals surface area contributed by atoms with Crippen molar-refractivity contribution in [3.63, 3.8) is 0 Å². The molecule has 3 rings (SSSR count). The van der Waals surface area contributed by atoms with Gasteiger partial charge in [-0.2, -0.15) is 0 Å². The topological polar surface area (TPSA) is 87.3 Å². The molecule has 0 unspecified atom stereocenters. The highest BCUT2D eigenvalue weighted by Crippen LogP contribution is 2.28. The maximum absolute atomic E-state index is 13.9. The van der Waals surface area contributed by atoms with E-state index in [-0.39, 0.29) is 36.3 Å². The zero-order valence-electron chi connectivity index (χ0n) is 21.4. The van der Waals surface area contributed by atoms with E-state index in [0.29, 0.717) is 24.3 Å². The number of hydrogen-bond acceptors (Lipinski definition) is 5. The summed E-state index contributed by atoms with van der Waals surface area (Å²) in [5.41, 5.74) is 3.82. The molecule has 0 radical (unpaired) electrons. The van der Waals surface area contributed by atoms with Crippen molar-refractivity contribution >= 4 is 11.5 Å². The van der Waals surface area contributed by atoms with Crippen molar-refractivity contribution in [3.8, 4) is 0 Å². The third kappa shape index (κ3) is 7.31. The van der Waals surface area contributed by atoms with E-state index in [0.717, 1.165) is 35.9 Å². The Labute approximate surface area is 211 Å². The molecule has 2 aromatic heterocycles. The van der Waals surface area contributed by atoms with Crippen molar-refractivity contribution in [1.29, 1.82) is 0 Å². The second kappa shape index (κ2) is 12.5. The number of hydrogen-bond donors (Lipinski definition) is 0. The van der Waals surface area contributed by atoms with Gasteiger partial charge in [-0.15, -0.1) is 0 Å². The minimum absolute atomic E-state index is 0.0600.